The fraction of sp³-hybridized carbons (Fsp3) is 0.353. The van der Waals surface area contributed by atoms with Crippen molar-refractivity contribution in [3.05, 3.63) is 35.5 Å². The zero-order valence-corrected chi connectivity index (χ0v) is 18.0. The highest BCUT2D eigenvalue weighted by molar-refractivity contribution is 9.10. The number of halogens is 1. The Hall–Kier alpha value is -2.60. The molecule has 1 amide bonds. The minimum atomic E-state index is -1.33. The quantitative estimate of drug-likeness (QED) is 0.386. The van der Waals surface area contributed by atoms with E-state index in [1.54, 1.807) is 28.7 Å². The first kappa shape index (κ1) is 19.7. The molecule has 4 rings (SSSR count). The number of hydrogen-bond acceptors (Lipinski definition) is 7. The van der Waals surface area contributed by atoms with Crippen LogP contribution in [0.5, 0.6) is 0 Å². The van der Waals surface area contributed by atoms with E-state index in [0.717, 1.165) is 0 Å². The first-order valence-corrected chi connectivity index (χ1v) is 10.2. The predicted molar refractivity (Wildman–Crippen MR) is 106 cm³/mol. The van der Waals surface area contributed by atoms with Crippen molar-refractivity contribution in [2.45, 2.75) is 22.7 Å². The number of rotatable bonds is 5. The molecule has 0 aromatic carbocycles. The summed E-state index contributed by atoms with van der Waals surface area (Å²) in [6, 6.07) is 0. The van der Waals surface area contributed by atoms with Crippen molar-refractivity contribution in [3.63, 3.8) is 0 Å². The summed E-state index contributed by atoms with van der Waals surface area (Å²) >= 11 is 4.66. The fourth-order valence-corrected chi connectivity index (χ4v) is 5.73. The van der Waals surface area contributed by atoms with Crippen LogP contribution in [0.3, 0.4) is 0 Å². The van der Waals surface area contributed by atoms with Crippen LogP contribution in [0.25, 0.3) is 11.5 Å². The van der Waals surface area contributed by atoms with E-state index in [2.05, 4.69) is 25.9 Å². The largest absolute Gasteiger partial charge is 0.477 e. The highest BCUT2D eigenvalue weighted by Gasteiger charge is 2.69. The number of hydrogen-bond donors (Lipinski definition) is 1. The van der Waals surface area contributed by atoms with Crippen molar-refractivity contribution in [1.29, 1.82) is 0 Å². The maximum absolute atomic E-state index is 13.0. The highest BCUT2D eigenvalue weighted by atomic mass is 79.9. The van der Waals surface area contributed by atoms with E-state index in [1.165, 1.54) is 35.2 Å². The van der Waals surface area contributed by atoms with Crippen LogP contribution in [0, 0.1) is 0 Å². The number of ether oxygens (including phenoxy) is 1. The summed E-state index contributed by atoms with van der Waals surface area (Å²) in [5, 5.41) is 10.1. The molecule has 1 N–H and O–H groups in total. The van der Waals surface area contributed by atoms with E-state index in [0.29, 0.717) is 17.2 Å². The Morgan fingerprint density at radius 3 is 2.69 bits per heavy atom. The van der Waals surface area contributed by atoms with Crippen molar-refractivity contribution in [1.82, 2.24) is 24.0 Å². The molecule has 29 heavy (non-hydrogen) atoms. The van der Waals surface area contributed by atoms with Gasteiger partial charge in [-0.1, -0.05) is 15.9 Å². The third-order valence-electron chi connectivity index (χ3n) is 4.82. The molecule has 3 atom stereocenters. The molecule has 10 nitrogen and oxygen atoms in total. The highest BCUT2D eigenvalue weighted by Crippen LogP contribution is 2.58. The number of amides is 1. The van der Waals surface area contributed by atoms with E-state index < -0.39 is 33.6 Å². The van der Waals surface area contributed by atoms with Gasteiger partial charge in [-0.25, -0.2) is 14.8 Å². The number of nitrogens with zero attached hydrogens (tertiary/aromatic N) is 5. The number of imidazole rings is 2. The average molecular weight is 482 g/mol. The molecule has 4 heterocycles. The third kappa shape index (κ3) is 2.81. The summed E-state index contributed by atoms with van der Waals surface area (Å²) in [5.41, 5.74) is 1.01. The molecule has 2 unspecified atom stereocenters. The third-order valence-corrected chi connectivity index (χ3v) is 7.51. The smallest absolute Gasteiger partial charge is 0.353 e. The molecule has 1 saturated heterocycles. The van der Waals surface area contributed by atoms with Crippen LogP contribution in [-0.2, 0) is 33.2 Å². The van der Waals surface area contributed by atoms with Gasteiger partial charge < -0.3 is 19.0 Å². The zero-order chi connectivity index (χ0) is 21.1. The number of carbonyl (C=O) groups is 3. The lowest BCUT2D eigenvalue weighted by molar-refractivity contribution is -0.163. The van der Waals surface area contributed by atoms with Crippen LogP contribution in [0.4, 0.5) is 0 Å². The first-order valence-electron chi connectivity index (χ1n) is 8.45. The molecular formula is C17H16BrN5O5S. The van der Waals surface area contributed by atoms with E-state index in [4.69, 9.17) is 4.74 Å². The van der Waals surface area contributed by atoms with Crippen LogP contribution in [0.15, 0.2) is 29.8 Å². The minimum Gasteiger partial charge on any atom is -0.477 e. The zero-order valence-electron chi connectivity index (χ0n) is 15.6. The van der Waals surface area contributed by atoms with Gasteiger partial charge in [0.05, 0.1) is 18.2 Å². The van der Waals surface area contributed by atoms with Gasteiger partial charge in [-0.15, -0.1) is 11.8 Å². The normalized spacial score (nSPS) is 24.0. The lowest BCUT2D eigenvalue weighted by atomic mass is 9.89. The SMILES string of the molecule is CC(=O)OC(c1cnc(-c2cn(C)cn2)n1C)C1(Br)C(=O)N2C(C(=O)O)=CS[C@@H]21. The lowest BCUT2D eigenvalue weighted by Gasteiger charge is -2.51. The Morgan fingerprint density at radius 1 is 1.38 bits per heavy atom. The maximum Gasteiger partial charge on any atom is 0.353 e. The van der Waals surface area contributed by atoms with E-state index >= 15 is 0 Å². The molecule has 0 saturated carbocycles. The number of carboxylic acid groups (broad SMARTS) is 1. The Morgan fingerprint density at radius 2 is 2.10 bits per heavy atom. The van der Waals surface area contributed by atoms with Crippen LogP contribution in [0.1, 0.15) is 18.7 Å². The number of thioether (sulfide) groups is 1. The Kier molecular flexibility index (Phi) is 4.57. The van der Waals surface area contributed by atoms with Gasteiger partial charge in [-0.3, -0.25) is 14.5 Å². The van der Waals surface area contributed by atoms with E-state index in [9.17, 15) is 19.5 Å². The number of fused-ring (bicyclic) bond motifs is 1. The summed E-state index contributed by atoms with van der Waals surface area (Å²) in [5.74, 6) is -1.71. The van der Waals surface area contributed by atoms with Gasteiger partial charge in [-0.2, -0.15) is 0 Å². The standard InChI is InChI=1S/C17H16BrN5O5S/c1-8(24)28-12(10-4-19-13(22(10)3)9-5-21(2)7-20-9)17(18)15(27)23-11(14(25)26)6-29-16(17)23/h4-7,12,16H,1-3H3,(H,25,26)/t12?,16-,17?/m1/s1. The number of esters is 1. The van der Waals surface area contributed by atoms with Crippen molar-refractivity contribution >= 4 is 45.5 Å². The first-order chi connectivity index (χ1) is 13.7. The number of aliphatic carboxylic acids is 1. The van der Waals surface area contributed by atoms with Crippen LogP contribution < -0.4 is 0 Å². The van der Waals surface area contributed by atoms with Gasteiger partial charge >= 0.3 is 11.9 Å². The number of alkyl halides is 1. The molecule has 2 aliphatic heterocycles. The predicted octanol–water partition coefficient (Wildman–Crippen LogP) is 1.40. The second kappa shape index (κ2) is 6.73. The second-order valence-electron chi connectivity index (χ2n) is 6.72. The molecule has 0 bridgehead atoms. The van der Waals surface area contributed by atoms with Crippen LogP contribution >= 0.6 is 27.7 Å². The van der Waals surface area contributed by atoms with Gasteiger partial charge in [0.2, 0.25) is 0 Å². The minimum absolute atomic E-state index is 0.0965. The van der Waals surface area contributed by atoms with Crippen molar-refractivity contribution in [2.75, 3.05) is 0 Å². The molecule has 0 spiro atoms. The Balaban J connectivity index is 1.74. The second-order valence-corrected chi connectivity index (χ2v) is 8.99. The maximum atomic E-state index is 13.0. The molecule has 12 heteroatoms. The Bertz CT molecular complexity index is 1080. The lowest BCUT2D eigenvalue weighted by Crippen LogP contribution is -2.70. The number of aromatic nitrogens is 4. The summed E-state index contributed by atoms with van der Waals surface area (Å²) in [4.78, 5) is 46.1. The van der Waals surface area contributed by atoms with Crippen molar-refractivity contribution < 1.29 is 24.2 Å². The molecule has 152 valence electrons. The average Bonchev–Trinajstić information content (AvgIpc) is 3.35. The number of aryl methyl sites for hydroxylation is 1. The van der Waals surface area contributed by atoms with E-state index in [-0.39, 0.29) is 5.70 Å². The molecule has 0 radical (unpaired) electrons. The topological polar surface area (TPSA) is 120 Å². The van der Waals surface area contributed by atoms with Gasteiger partial charge in [-0.05, 0) is 0 Å². The molecule has 2 aromatic rings. The van der Waals surface area contributed by atoms with Gasteiger partial charge in [0.25, 0.3) is 5.91 Å². The summed E-state index contributed by atoms with van der Waals surface area (Å²) in [7, 11) is 3.57. The molecule has 0 aliphatic carbocycles. The van der Waals surface area contributed by atoms with Crippen LogP contribution in [0.2, 0.25) is 0 Å². The van der Waals surface area contributed by atoms with Gasteiger partial charge in [0, 0.05) is 32.6 Å². The molecular weight excluding hydrogens is 466 g/mol. The number of carboxylic acids is 1. The number of β-lactam (4-membered cyclic amide) rings is 1. The molecule has 2 aromatic heterocycles. The van der Waals surface area contributed by atoms with E-state index in [1.807, 2.05) is 7.05 Å². The number of carbonyl (C=O) groups excluding carboxylic acids is 2. The van der Waals surface area contributed by atoms with Gasteiger partial charge in [0.15, 0.2) is 16.3 Å². The van der Waals surface area contributed by atoms with Crippen LogP contribution in [-0.4, -0.2) is 56.7 Å². The Labute approximate surface area is 177 Å². The molecule has 2 aliphatic rings. The van der Waals surface area contributed by atoms with Crippen molar-refractivity contribution in [2.24, 2.45) is 14.1 Å². The fourth-order valence-electron chi connectivity index (χ4n) is 3.45. The van der Waals surface area contributed by atoms with Gasteiger partial charge in [0.1, 0.15) is 16.8 Å². The summed E-state index contributed by atoms with van der Waals surface area (Å²) in [6.45, 7) is 1.25. The summed E-state index contributed by atoms with van der Waals surface area (Å²) < 4.78 is 7.71. The molecule has 1 fully saturated rings. The monoisotopic (exact) mass is 481 g/mol. The summed E-state index contributed by atoms with van der Waals surface area (Å²) in [6.07, 6.45) is 3.95. The van der Waals surface area contributed by atoms with Crippen molar-refractivity contribution in [3.8, 4) is 11.5 Å².